The van der Waals surface area contributed by atoms with Crippen molar-refractivity contribution < 1.29 is 14.3 Å². The van der Waals surface area contributed by atoms with Crippen LogP contribution in [-0.2, 0) is 17.9 Å². The van der Waals surface area contributed by atoms with Crippen molar-refractivity contribution in [3.8, 4) is 10.4 Å². The molecule has 3 aromatic heterocycles. The summed E-state index contributed by atoms with van der Waals surface area (Å²) < 4.78 is 12.1. The number of fused-ring (bicyclic) bond motifs is 1. The molecule has 0 bridgehead atoms. The van der Waals surface area contributed by atoms with Crippen molar-refractivity contribution >= 4 is 21.6 Å². The van der Waals surface area contributed by atoms with Gasteiger partial charge >= 0.3 is 0 Å². The van der Waals surface area contributed by atoms with Gasteiger partial charge in [-0.3, -0.25) is 9.36 Å². The number of furan rings is 1. The molecule has 0 saturated carbocycles. The van der Waals surface area contributed by atoms with Gasteiger partial charge in [0, 0.05) is 4.88 Å². The van der Waals surface area contributed by atoms with Gasteiger partial charge in [-0.2, -0.15) is 0 Å². The number of rotatable bonds is 7. The lowest BCUT2D eigenvalue weighted by atomic mass is 10.1. The maximum atomic E-state index is 13.0. The molecule has 1 aromatic carbocycles. The van der Waals surface area contributed by atoms with Crippen molar-refractivity contribution in [3.05, 3.63) is 76.7 Å². The molecule has 4 rings (SSSR count). The summed E-state index contributed by atoms with van der Waals surface area (Å²) in [6.45, 7) is 2.44. The fourth-order valence-electron chi connectivity index (χ4n) is 3.12. The summed E-state index contributed by atoms with van der Waals surface area (Å²) in [6, 6.07) is 13.5. The Hall–Kier alpha value is -2.74. The summed E-state index contributed by atoms with van der Waals surface area (Å²) in [6.07, 6.45) is 2.24. The Morgan fingerprint density at radius 2 is 2.07 bits per heavy atom. The quantitative estimate of drug-likeness (QED) is 0.516. The lowest BCUT2D eigenvalue weighted by molar-refractivity contribution is 0.0142. The van der Waals surface area contributed by atoms with Gasteiger partial charge in [0.25, 0.3) is 5.56 Å². The summed E-state index contributed by atoms with van der Waals surface area (Å²) in [7, 11) is 0. The van der Waals surface area contributed by atoms with E-state index < -0.39 is 6.10 Å². The number of ether oxygens (including phenoxy) is 1. The van der Waals surface area contributed by atoms with Crippen molar-refractivity contribution in [3.63, 3.8) is 0 Å². The number of aromatic nitrogens is 2. The number of nitrogens with zero attached hydrogens (tertiary/aromatic N) is 2. The SMILES string of the molecule is Cc1c(-c2ccccc2)sc2ncn(CC(O)COCc3ccco3)c(=O)c12. The minimum atomic E-state index is -0.820. The van der Waals surface area contributed by atoms with Crippen LogP contribution in [0.5, 0.6) is 0 Å². The Morgan fingerprint density at radius 1 is 1.25 bits per heavy atom. The Morgan fingerprint density at radius 3 is 2.82 bits per heavy atom. The first-order valence-corrected chi connectivity index (χ1v) is 9.77. The molecular weight excluding hydrogens is 376 g/mol. The van der Waals surface area contributed by atoms with Crippen LogP contribution in [0.15, 0.2) is 64.3 Å². The lowest BCUT2D eigenvalue weighted by Crippen LogP contribution is -2.29. The van der Waals surface area contributed by atoms with Crippen molar-refractivity contribution in [1.29, 1.82) is 0 Å². The van der Waals surface area contributed by atoms with Gasteiger partial charge in [-0.05, 0) is 30.2 Å². The van der Waals surface area contributed by atoms with Crippen LogP contribution in [0.4, 0.5) is 0 Å². The molecule has 0 saturated heterocycles. The molecule has 28 heavy (non-hydrogen) atoms. The molecule has 7 heteroatoms. The Balaban J connectivity index is 1.52. The van der Waals surface area contributed by atoms with Crippen LogP contribution in [0.25, 0.3) is 20.7 Å². The predicted octanol–water partition coefficient (Wildman–Crippen LogP) is 3.60. The minimum absolute atomic E-state index is 0.100. The van der Waals surface area contributed by atoms with Gasteiger partial charge in [-0.15, -0.1) is 11.3 Å². The number of aryl methyl sites for hydroxylation is 1. The van der Waals surface area contributed by atoms with E-state index in [1.165, 1.54) is 22.2 Å². The average molecular weight is 396 g/mol. The van der Waals surface area contributed by atoms with Crippen LogP contribution in [0.1, 0.15) is 11.3 Å². The second-order valence-corrected chi connectivity index (χ2v) is 7.55. The molecule has 1 atom stereocenters. The number of aliphatic hydroxyl groups excluding tert-OH is 1. The zero-order valence-corrected chi connectivity index (χ0v) is 16.2. The molecule has 0 fully saturated rings. The van der Waals surface area contributed by atoms with Gasteiger partial charge in [0.2, 0.25) is 0 Å². The summed E-state index contributed by atoms with van der Waals surface area (Å²) in [4.78, 5) is 19.1. The van der Waals surface area contributed by atoms with E-state index in [9.17, 15) is 9.90 Å². The topological polar surface area (TPSA) is 77.5 Å². The Labute approximate surface area is 165 Å². The van der Waals surface area contributed by atoms with Crippen LogP contribution < -0.4 is 5.56 Å². The van der Waals surface area contributed by atoms with Crippen LogP contribution in [0.2, 0.25) is 0 Å². The van der Waals surface area contributed by atoms with Gasteiger partial charge in [0.15, 0.2) is 0 Å². The van der Waals surface area contributed by atoms with E-state index in [0.29, 0.717) is 16.0 Å². The van der Waals surface area contributed by atoms with Crippen LogP contribution >= 0.6 is 11.3 Å². The van der Waals surface area contributed by atoms with Crippen molar-refractivity contribution in [1.82, 2.24) is 9.55 Å². The molecule has 0 radical (unpaired) electrons. The monoisotopic (exact) mass is 396 g/mol. The normalized spacial score (nSPS) is 12.5. The highest BCUT2D eigenvalue weighted by molar-refractivity contribution is 7.22. The van der Waals surface area contributed by atoms with E-state index in [2.05, 4.69) is 4.98 Å². The number of hydrogen-bond donors (Lipinski definition) is 1. The zero-order chi connectivity index (χ0) is 19.5. The van der Waals surface area contributed by atoms with Gasteiger partial charge < -0.3 is 14.3 Å². The average Bonchev–Trinajstić information content (AvgIpc) is 3.33. The molecule has 3 heterocycles. The molecule has 0 aliphatic heterocycles. The molecule has 4 aromatic rings. The molecule has 0 aliphatic rings. The smallest absolute Gasteiger partial charge is 0.262 e. The molecule has 0 aliphatic carbocycles. The van der Waals surface area contributed by atoms with E-state index in [4.69, 9.17) is 9.15 Å². The number of benzene rings is 1. The first-order chi connectivity index (χ1) is 13.6. The summed E-state index contributed by atoms with van der Waals surface area (Å²) in [5.41, 5.74) is 1.84. The zero-order valence-electron chi connectivity index (χ0n) is 15.4. The first-order valence-electron chi connectivity index (χ1n) is 8.95. The number of hydrogen-bond acceptors (Lipinski definition) is 6. The van der Waals surface area contributed by atoms with Gasteiger partial charge in [-0.25, -0.2) is 4.98 Å². The van der Waals surface area contributed by atoms with E-state index in [0.717, 1.165) is 16.0 Å². The summed E-state index contributed by atoms with van der Waals surface area (Å²) >= 11 is 1.51. The first kappa shape index (κ1) is 18.6. The van der Waals surface area contributed by atoms with E-state index >= 15 is 0 Å². The highest BCUT2D eigenvalue weighted by atomic mass is 32.1. The number of thiophene rings is 1. The highest BCUT2D eigenvalue weighted by Gasteiger charge is 2.17. The molecular formula is C21H20N2O4S. The van der Waals surface area contributed by atoms with Gasteiger partial charge in [0.05, 0.1) is 37.2 Å². The van der Waals surface area contributed by atoms with Crippen LogP contribution in [0, 0.1) is 6.92 Å². The molecule has 144 valence electrons. The minimum Gasteiger partial charge on any atom is -0.467 e. The third kappa shape index (κ3) is 3.77. The van der Waals surface area contributed by atoms with Crippen molar-refractivity contribution in [2.45, 2.75) is 26.2 Å². The van der Waals surface area contributed by atoms with Crippen LogP contribution in [-0.4, -0.2) is 27.4 Å². The fraction of sp³-hybridized carbons (Fsp3) is 0.238. The largest absolute Gasteiger partial charge is 0.467 e. The lowest BCUT2D eigenvalue weighted by Gasteiger charge is -2.12. The maximum absolute atomic E-state index is 13.0. The fourth-order valence-corrected chi connectivity index (χ4v) is 4.27. The molecule has 0 spiro atoms. The van der Waals surface area contributed by atoms with Crippen molar-refractivity contribution in [2.24, 2.45) is 0 Å². The Bertz CT molecular complexity index is 1120. The van der Waals surface area contributed by atoms with Gasteiger partial charge in [0.1, 0.15) is 17.2 Å². The number of aliphatic hydroxyl groups is 1. The second kappa shape index (κ2) is 8.10. The maximum Gasteiger partial charge on any atom is 0.262 e. The summed E-state index contributed by atoms with van der Waals surface area (Å²) in [5, 5.41) is 10.8. The molecule has 1 N–H and O–H groups in total. The van der Waals surface area contributed by atoms with Crippen molar-refractivity contribution in [2.75, 3.05) is 6.61 Å². The summed E-state index contributed by atoms with van der Waals surface area (Å²) in [5.74, 6) is 0.690. The predicted molar refractivity (Wildman–Crippen MR) is 108 cm³/mol. The third-order valence-corrected chi connectivity index (χ3v) is 5.74. The van der Waals surface area contributed by atoms with Gasteiger partial charge in [-0.1, -0.05) is 30.3 Å². The third-order valence-electron chi connectivity index (χ3n) is 4.50. The molecule has 6 nitrogen and oxygen atoms in total. The van der Waals surface area contributed by atoms with Crippen LogP contribution in [0.3, 0.4) is 0 Å². The Kier molecular flexibility index (Phi) is 5.38. The molecule has 0 amide bonds. The molecule has 1 unspecified atom stereocenters. The van der Waals surface area contributed by atoms with E-state index in [-0.39, 0.29) is 25.3 Å². The van der Waals surface area contributed by atoms with E-state index in [1.807, 2.05) is 37.3 Å². The van der Waals surface area contributed by atoms with E-state index in [1.54, 1.807) is 18.4 Å². The highest BCUT2D eigenvalue weighted by Crippen LogP contribution is 2.35. The standard InChI is InChI=1S/C21H20N2O4S/c1-14-18-20(28-19(14)15-6-3-2-4-7-15)22-13-23(21(18)25)10-16(24)11-26-12-17-8-5-9-27-17/h2-9,13,16,24H,10-12H2,1H3. The second-order valence-electron chi connectivity index (χ2n) is 6.55.